The number of fused-ring (bicyclic) bond motifs is 1. The summed E-state index contributed by atoms with van der Waals surface area (Å²) < 4.78 is 46.5. The van der Waals surface area contributed by atoms with Gasteiger partial charge >= 0.3 is 18.1 Å². The standard InChI is InChI=1S/C30H44F3N7O6/c1-14(2)20(36-26(45)30(31,32)33)24(44)40-12-16-19(29(16,6)7)21(40)23(43)35-17(11-15-9-10-34-22(15)42)18(41)13-46-27-38-37-25(39(27)8)28(3,4)5/h14-17,19-21H,9-13H2,1-8H3,(H,34,42)(H,35,43)(H,36,45)/t15-,16-,17-,19-,20-,21-/m0/s1. The van der Waals surface area contributed by atoms with Gasteiger partial charge in [0.15, 0.2) is 12.4 Å². The second kappa shape index (κ2) is 12.5. The van der Waals surface area contributed by atoms with Crippen molar-refractivity contribution < 1.29 is 41.9 Å². The molecule has 0 radical (unpaired) electrons. The van der Waals surface area contributed by atoms with Crippen molar-refractivity contribution in [2.75, 3.05) is 19.7 Å². The summed E-state index contributed by atoms with van der Waals surface area (Å²) >= 11 is 0. The first-order chi connectivity index (χ1) is 21.2. The SMILES string of the molecule is CC(C)[C@H](NC(=O)C(F)(F)F)C(=O)N1C[C@H]2[C@@H]([C@H]1C(=O)N[C@@H](C[C@@H]1CCNC1=O)C(=O)COc1nnc(C(C)(C)C)n1C)C2(C)C. The minimum absolute atomic E-state index is 0.0137. The van der Waals surface area contributed by atoms with E-state index in [4.69, 9.17) is 4.74 Å². The van der Waals surface area contributed by atoms with Crippen LogP contribution in [-0.4, -0.2) is 93.1 Å². The summed E-state index contributed by atoms with van der Waals surface area (Å²) in [5.74, 6) is -5.57. The number of amides is 4. The average molecular weight is 656 g/mol. The van der Waals surface area contributed by atoms with Crippen LogP contribution in [0.1, 0.15) is 67.1 Å². The number of Topliss-reactive ketones (excluding diaryl/α,β-unsaturated/α-hetero) is 1. The van der Waals surface area contributed by atoms with E-state index in [0.29, 0.717) is 18.8 Å². The zero-order valence-electron chi connectivity index (χ0n) is 27.4. The van der Waals surface area contributed by atoms with E-state index in [1.807, 2.05) is 34.6 Å². The van der Waals surface area contributed by atoms with E-state index >= 15 is 0 Å². The third-order valence-electron chi connectivity index (χ3n) is 9.47. The van der Waals surface area contributed by atoms with Crippen molar-refractivity contribution in [2.24, 2.45) is 36.1 Å². The fraction of sp³-hybridized carbons (Fsp3) is 0.767. The summed E-state index contributed by atoms with van der Waals surface area (Å²) in [7, 11) is 1.70. The van der Waals surface area contributed by atoms with Crippen molar-refractivity contribution >= 4 is 29.4 Å². The molecule has 3 aliphatic rings. The van der Waals surface area contributed by atoms with Crippen LogP contribution in [0.2, 0.25) is 0 Å². The van der Waals surface area contributed by atoms with Crippen LogP contribution in [0.5, 0.6) is 6.01 Å². The van der Waals surface area contributed by atoms with Crippen LogP contribution in [0.4, 0.5) is 13.2 Å². The van der Waals surface area contributed by atoms with Crippen LogP contribution >= 0.6 is 0 Å². The van der Waals surface area contributed by atoms with Crippen molar-refractivity contribution in [3.05, 3.63) is 5.82 Å². The van der Waals surface area contributed by atoms with Crippen LogP contribution in [0.3, 0.4) is 0 Å². The Kier molecular flexibility index (Phi) is 9.53. The molecule has 1 saturated carbocycles. The number of ether oxygens (including phenoxy) is 1. The van der Waals surface area contributed by atoms with E-state index in [1.54, 1.807) is 16.9 Å². The highest BCUT2D eigenvalue weighted by molar-refractivity contribution is 5.97. The molecule has 0 spiro atoms. The Balaban J connectivity index is 1.55. The van der Waals surface area contributed by atoms with Gasteiger partial charge in [0.1, 0.15) is 17.9 Å². The van der Waals surface area contributed by atoms with Gasteiger partial charge in [-0.1, -0.05) is 53.6 Å². The number of ketones is 1. The molecule has 3 fully saturated rings. The third kappa shape index (κ3) is 6.99. The monoisotopic (exact) mass is 655 g/mol. The first-order valence-corrected chi connectivity index (χ1v) is 15.5. The molecule has 2 saturated heterocycles. The number of carbonyl (C=O) groups is 5. The number of nitrogens with one attached hydrogen (secondary N) is 3. The molecule has 46 heavy (non-hydrogen) atoms. The lowest BCUT2D eigenvalue weighted by molar-refractivity contribution is -0.175. The Morgan fingerprint density at radius 3 is 2.28 bits per heavy atom. The molecule has 1 aromatic heterocycles. The maximum Gasteiger partial charge on any atom is 0.471 e. The number of piperidine rings is 1. The van der Waals surface area contributed by atoms with Crippen molar-refractivity contribution in [1.82, 2.24) is 35.6 Å². The second-order valence-corrected chi connectivity index (χ2v) is 14.5. The Labute approximate surface area is 265 Å². The number of carbonyl (C=O) groups excluding carboxylic acids is 5. The van der Waals surface area contributed by atoms with Crippen molar-refractivity contribution in [2.45, 2.75) is 91.0 Å². The van der Waals surface area contributed by atoms with Crippen LogP contribution < -0.4 is 20.7 Å². The highest BCUT2D eigenvalue weighted by Crippen LogP contribution is 2.65. The van der Waals surface area contributed by atoms with Gasteiger partial charge < -0.3 is 25.6 Å². The van der Waals surface area contributed by atoms with Crippen LogP contribution in [0.15, 0.2) is 0 Å². The Hall–Kier alpha value is -3.72. The van der Waals surface area contributed by atoms with Crippen molar-refractivity contribution in [1.29, 1.82) is 0 Å². The number of hydrogen-bond acceptors (Lipinski definition) is 8. The predicted molar refractivity (Wildman–Crippen MR) is 157 cm³/mol. The molecular weight excluding hydrogens is 611 g/mol. The van der Waals surface area contributed by atoms with E-state index in [0.717, 1.165) is 0 Å². The smallest absolute Gasteiger partial charge is 0.455 e. The molecule has 3 N–H and O–H groups in total. The highest BCUT2D eigenvalue weighted by Gasteiger charge is 2.69. The molecule has 16 heteroatoms. The number of halogens is 3. The van der Waals surface area contributed by atoms with Crippen molar-refractivity contribution in [3.63, 3.8) is 0 Å². The van der Waals surface area contributed by atoms with E-state index in [2.05, 4.69) is 20.8 Å². The maximum absolute atomic E-state index is 14.0. The summed E-state index contributed by atoms with van der Waals surface area (Å²) in [6.45, 7) is 12.7. The Morgan fingerprint density at radius 1 is 1.11 bits per heavy atom. The quantitative estimate of drug-likeness (QED) is 0.321. The van der Waals surface area contributed by atoms with Gasteiger partial charge in [-0.3, -0.25) is 28.5 Å². The van der Waals surface area contributed by atoms with E-state index in [-0.39, 0.29) is 47.5 Å². The topological polar surface area (TPSA) is 165 Å². The summed E-state index contributed by atoms with van der Waals surface area (Å²) in [5.41, 5.74) is -0.686. The lowest BCUT2D eigenvalue weighted by atomic mass is 9.94. The summed E-state index contributed by atoms with van der Waals surface area (Å²) in [5, 5.41) is 15.4. The minimum Gasteiger partial charge on any atom is -0.455 e. The average Bonchev–Trinajstić information content (AvgIpc) is 3.42. The number of hydrogen-bond donors (Lipinski definition) is 3. The van der Waals surface area contributed by atoms with Gasteiger partial charge in [0.2, 0.25) is 17.7 Å². The molecule has 3 heterocycles. The Morgan fingerprint density at radius 2 is 1.76 bits per heavy atom. The lowest BCUT2D eigenvalue weighted by Gasteiger charge is -2.35. The third-order valence-corrected chi connectivity index (χ3v) is 9.47. The lowest BCUT2D eigenvalue weighted by Crippen LogP contribution is -2.59. The van der Waals surface area contributed by atoms with E-state index in [1.165, 1.54) is 18.7 Å². The summed E-state index contributed by atoms with van der Waals surface area (Å²) in [6.07, 6.45) is -4.75. The first-order valence-electron chi connectivity index (χ1n) is 15.5. The van der Waals surface area contributed by atoms with Gasteiger partial charge in [0, 0.05) is 31.5 Å². The molecule has 2 aliphatic heterocycles. The number of aromatic nitrogens is 3. The fourth-order valence-corrected chi connectivity index (χ4v) is 6.74. The van der Waals surface area contributed by atoms with Gasteiger partial charge in [0.25, 0.3) is 0 Å². The molecule has 1 aromatic rings. The summed E-state index contributed by atoms with van der Waals surface area (Å²) in [6, 6.07) is -3.70. The molecule has 6 atom stereocenters. The molecule has 0 unspecified atom stereocenters. The number of nitrogens with zero attached hydrogens (tertiary/aromatic N) is 4. The molecule has 0 bridgehead atoms. The zero-order chi connectivity index (χ0) is 34.5. The largest absolute Gasteiger partial charge is 0.471 e. The number of rotatable bonds is 11. The van der Waals surface area contributed by atoms with E-state index in [9.17, 15) is 37.1 Å². The van der Waals surface area contributed by atoms with Crippen molar-refractivity contribution in [3.8, 4) is 6.01 Å². The van der Waals surface area contributed by atoms with Gasteiger partial charge in [-0.15, -0.1) is 5.10 Å². The molecular formula is C30H44F3N7O6. The fourth-order valence-electron chi connectivity index (χ4n) is 6.74. The van der Waals surface area contributed by atoms with E-state index < -0.39 is 66.2 Å². The van der Waals surface area contributed by atoms with Gasteiger partial charge in [-0.05, 0) is 36.0 Å². The molecule has 4 amide bonds. The van der Waals surface area contributed by atoms with Gasteiger partial charge in [0.05, 0.1) is 6.04 Å². The van der Waals surface area contributed by atoms with Crippen LogP contribution in [-0.2, 0) is 36.4 Å². The molecule has 4 rings (SSSR count). The van der Waals surface area contributed by atoms with Crippen LogP contribution in [0, 0.1) is 29.1 Å². The molecule has 13 nitrogen and oxygen atoms in total. The second-order valence-electron chi connectivity index (χ2n) is 14.5. The molecule has 256 valence electrons. The summed E-state index contributed by atoms with van der Waals surface area (Å²) in [4.78, 5) is 66.6. The highest BCUT2D eigenvalue weighted by atomic mass is 19.4. The Bertz CT molecular complexity index is 1390. The van der Waals surface area contributed by atoms with Gasteiger partial charge in [-0.2, -0.15) is 13.2 Å². The molecule has 0 aromatic carbocycles. The van der Waals surface area contributed by atoms with Crippen LogP contribution in [0.25, 0.3) is 0 Å². The first kappa shape index (κ1) is 35.1. The molecule has 1 aliphatic carbocycles. The number of likely N-dealkylation sites (tertiary alicyclic amines) is 1. The maximum atomic E-state index is 14.0. The predicted octanol–water partition coefficient (Wildman–Crippen LogP) is 1.26. The van der Waals surface area contributed by atoms with Gasteiger partial charge in [-0.25, -0.2) is 0 Å². The minimum atomic E-state index is -5.19. The zero-order valence-corrected chi connectivity index (χ0v) is 27.4. The number of alkyl halides is 3. The normalized spacial score (nSPS) is 25.0.